The lowest BCUT2D eigenvalue weighted by Gasteiger charge is -2.02. The monoisotopic (exact) mass is 308 g/mol. The summed E-state index contributed by atoms with van der Waals surface area (Å²) in [5, 5.41) is 6.44. The van der Waals surface area contributed by atoms with Gasteiger partial charge in [-0.1, -0.05) is 35.5 Å². The largest absolute Gasteiger partial charge is 0.360 e. The van der Waals surface area contributed by atoms with E-state index in [0.717, 1.165) is 6.42 Å². The molecule has 2 heterocycles. The Labute approximate surface area is 134 Å². The highest BCUT2D eigenvalue weighted by Crippen LogP contribution is 2.08. The molecule has 1 N–H and O–H groups in total. The number of aromatic nitrogens is 2. The van der Waals surface area contributed by atoms with E-state index in [0.29, 0.717) is 11.6 Å². The molecule has 0 radical (unpaired) electrons. The van der Waals surface area contributed by atoms with Gasteiger partial charge in [0, 0.05) is 18.2 Å². The maximum absolute atomic E-state index is 12.0. The first-order valence-corrected chi connectivity index (χ1v) is 7.44. The van der Waals surface area contributed by atoms with Gasteiger partial charge in [-0.25, -0.2) is 0 Å². The van der Waals surface area contributed by atoms with Gasteiger partial charge < -0.3 is 9.84 Å². The standard InChI is InChI=1S/C18H17N3O2/c1-14-11-17(20-23-14)19-18(22)13-21-9-7-16(8-10-21)12-15-5-3-2-4-6-15/h2-11H,12-13H2,1H3/p+1. The minimum Gasteiger partial charge on any atom is -0.360 e. The fourth-order valence-corrected chi connectivity index (χ4v) is 2.32. The average Bonchev–Trinajstić information content (AvgIpc) is 2.95. The molecule has 3 aromatic rings. The fourth-order valence-electron chi connectivity index (χ4n) is 2.32. The second kappa shape index (κ2) is 6.87. The Kier molecular flexibility index (Phi) is 4.47. The van der Waals surface area contributed by atoms with E-state index in [2.05, 4.69) is 22.6 Å². The van der Waals surface area contributed by atoms with Crippen LogP contribution in [0, 0.1) is 6.92 Å². The molecule has 0 saturated heterocycles. The number of hydrogen-bond acceptors (Lipinski definition) is 3. The van der Waals surface area contributed by atoms with E-state index in [1.807, 2.05) is 47.3 Å². The Morgan fingerprint density at radius 1 is 1.13 bits per heavy atom. The zero-order valence-electron chi connectivity index (χ0n) is 12.9. The zero-order valence-corrected chi connectivity index (χ0v) is 12.9. The summed E-state index contributed by atoms with van der Waals surface area (Å²) >= 11 is 0. The number of carbonyl (C=O) groups is 1. The molecule has 5 heteroatoms. The molecule has 0 spiro atoms. The number of nitrogens with zero attached hydrogens (tertiary/aromatic N) is 2. The molecule has 0 atom stereocenters. The van der Waals surface area contributed by atoms with Crippen molar-refractivity contribution in [3.63, 3.8) is 0 Å². The summed E-state index contributed by atoms with van der Waals surface area (Å²) in [4.78, 5) is 12.0. The van der Waals surface area contributed by atoms with Crippen molar-refractivity contribution in [1.29, 1.82) is 0 Å². The van der Waals surface area contributed by atoms with Crippen LogP contribution in [0.5, 0.6) is 0 Å². The Morgan fingerprint density at radius 2 is 1.83 bits per heavy atom. The van der Waals surface area contributed by atoms with Gasteiger partial charge in [0.1, 0.15) is 5.76 Å². The Morgan fingerprint density at radius 3 is 2.48 bits per heavy atom. The number of nitrogens with one attached hydrogen (secondary N) is 1. The smallest absolute Gasteiger partial charge is 0.291 e. The number of rotatable bonds is 5. The van der Waals surface area contributed by atoms with E-state index < -0.39 is 0 Å². The summed E-state index contributed by atoms with van der Waals surface area (Å²) in [5.41, 5.74) is 2.48. The first-order valence-electron chi connectivity index (χ1n) is 7.44. The summed E-state index contributed by atoms with van der Waals surface area (Å²) in [5.74, 6) is 0.964. The average molecular weight is 308 g/mol. The van der Waals surface area contributed by atoms with Crippen LogP contribution in [0.2, 0.25) is 0 Å². The van der Waals surface area contributed by atoms with Gasteiger partial charge in [0.05, 0.1) is 0 Å². The van der Waals surface area contributed by atoms with Gasteiger partial charge in [-0.15, -0.1) is 0 Å². The van der Waals surface area contributed by atoms with E-state index in [1.165, 1.54) is 11.1 Å². The highest BCUT2D eigenvalue weighted by Gasteiger charge is 2.11. The Hall–Kier alpha value is -2.95. The third-order valence-electron chi connectivity index (χ3n) is 3.43. The quantitative estimate of drug-likeness (QED) is 0.737. The molecule has 0 aliphatic heterocycles. The molecule has 0 aliphatic rings. The molecule has 0 unspecified atom stereocenters. The number of aryl methyl sites for hydroxylation is 1. The molecule has 2 aromatic heterocycles. The number of anilines is 1. The first-order chi connectivity index (χ1) is 11.2. The lowest BCUT2D eigenvalue weighted by Crippen LogP contribution is -2.39. The Balaban J connectivity index is 1.57. The molecule has 5 nitrogen and oxygen atoms in total. The molecule has 0 fully saturated rings. The van der Waals surface area contributed by atoms with Gasteiger partial charge in [-0.2, -0.15) is 4.57 Å². The van der Waals surface area contributed by atoms with E-state index in [1.54, 1.807) is 13.0 Å². The van der Waals surface area contributed by atoms with Gasteiger partial charge in [0.2, 0.25) is 6.54 Å². The van der Waals surface area contributed by atoms with Crippen LogP contribution in [0.1, 0.15) is 16.9 Å². The van der Waals surface area contributed by atoms with Crippen LogP contribution in [0.15, 0.2) is 65.4 Å². The first kappa shape index (κ1) is 15.0. The molecule has 0 bridgehead atoms. The predicted octanol–water partition coefficient (Wildman–Crippen LogP) is 2.50. The number of benzene rings is 1. The normalized spacial score (nSPS) is 10.5. The maximum atomic E-state index is 12.0. The molecule has 3 rings (SSSR count). The summed E-state index contributed by atoms with van der Waals surface area (Å²) < 4.78 is 6.75. The van der Waals surface area contributed by atoms with Gasteiger partial charge in [-0.05, 0) is 24.5 Å². The van der Waals surface area contributed by atoms with Crippen LogP contribution in [-0.4, -0.2) is 11.1 Å². The van der Waals surface area contributed by atoms with Crippen molar-refractivity contribution < 1.29 is 13.9 Å². The Bertz CT molecular complexity index is 780. The topological polar surface area (TPSA) is 59.0 Å². The third kappa shape index (κ3) is 4.26. The lowest BCUT2D eigenvalue weighted by atomic mass is 10.1. The van der Waals surface area contributed by atoms with E-state index >= 15 is 0 Å². The molecule has 116 valence electrons. The number of amides is 1. The lowest BCUT2D eigenvalue weighted by molar-refractivity contribution is -0.684. The van der Waals surface area contributed by atoms with Gasteiger partial charge in [0.25, 0.3) is 5.91 Å². The van der Waals surface area contributed by atoms with Crippen molar-refractivity contribution in [2.45, 2.75) is 19.9 Å². The minimum atomic E-state index is -0.140. The summed E-state index contributed by atoms with van der Waals surface area (Å²) in [7, 11) is 0. The van der Waals surface area contributed by atoms with E-state index in [-0.39, 0.29) is 12.5 Å². The third-order valence-corrected chi connectivity index (χ3v) is 3.43. The fraction of sp³-hybridized carbons (Fsp3) is 0.167. The highest BCUT2D eigenvalue weighted by atomic mass is 16.5. The van der Waals surface area contributed by atoms with Crippen molar-refractivity contribution >= 4 is 11.7 Å². The van der Waals surface area contributed by atoms with Crippen molar-refractivity contribution in [3.8, 4) is 0 Å². The molecule has 0 aliphatic carbocycles. The van der Waals surface area contributed by atoms with Crippen LogP contribution in [0.3, 0.4) is 0 Å². The van der Waals surface area contributed by atoms with Crippen LogP contribution < -0.4 is 9.88 Å². The summed E-state index contributed by atoms with van der Waals surface area (Å²) in [6.07, 6.45) is 4.70. The highest BCUT2D eigenvalue weighted by molar-refractivity contribution is 5.88. The van der Waals surface area contributed by atoms with Crippen molar-refractivity contribution in [1.82, 2.24) is 5.16 Å². The molecule has 1 aromatic carbocycles. The van der Waals surface area contributed by atoms with Gasteiger partial charge >= 0.3 is 0 Å². The van der Waals surface area contributed by atoms with Crippen LogP contribution in [-0.2, 0) is 17.8 Å². The number of hydrogen-bond donors (Lipinski definition) is 1. The van der Waals surface area contributed by atoms with E-state index in [4.69, 9.17) is 4.52 Å². The molecule has 0 saturated carbocycles. The van der Waals surface area contributed by atoms with Crippen molar-refractivity contribution in [2.75, 3.05) is 5.32 Å². The van der Waals surface area contributed by atoms with Crippen molar-refractivity contribution in [3.05, 3.63) is 77.8 Å². The van der Waals surface area contributed by atoms with Gasteiger partial charge in [0.15, 0.2) is 18.2 Å². The molecular weight excluding hydrogens is 290 g/mol. The van der Waals surface area contributed by atoms with Crippen molar-refractivity contribution in [2.24, 2.45) is 0 Å². The van der Waals surface area contributed by atoms with Crippen LogP contribution in [0.4, 0.5) is 5.82 Å². The summed E-state index contributed by atoms with van der Waals surface area (Å²) in [6.45, 7) is 2.01. The molecule has 23 heavy (non-hydrogen) atoms. The van der Waals surface area contributed by atoms with Gasteiger partial charge in [-0.3, -0.25) is 4.79 Å². The molecule has 1 amide bonds. The second-order valence-electron chi connectivity index (χ2n) is 5.41. The second-order valence-corrected chi connectivity index (χ2v) is 5.41. The zero-order chi connectivity index (χ0) is 16.1. The SMILES string of the molecule is Cc1cc(NC(=O)C[n+]2ccc(Cc3ccccc3)cc2)no1. The van der Waals surface area contributed by atoms with Crippen LogP contribution in [0.25, 0.3) is 0 Å². The van der Waals surface area contributed by atoms with Crippen LogP contribution >= 0.6 is 0 Å². The number of pyridine rings is 1. The van der Waals surface area contributed by atoms with E-state index in [9.17, 15) is 4.79 Å². The number of carbonyl (C=O) groups excluding carboxylic acids is 1. The maximum Gasteiger partial charge on any atom is 0.291 e. The minimum absolute atomic E-state index is 0.140. The summed E-state index contributed by atoms with van der Waals surface area (Å²) in [6, 6.07) is 16.0. The molecular formula is C18H18N3O2+. The predicted molar refractivity (Wildman–Crippen MR) is 85.8 cm³/mol.